The van der Waals surface area contributed by atoms with Crippen LogP contribution in [-0.2, 0) is 15.3 Å². The molecule has 2 aromatic carbocycles. The fourth-order valence-electron chi connectivity index (χ4n) is 3.51. The van der Waals surface area contributed by atoms with Gasteiger partial charge in [-0.05, 0) is 42.7 Å². The van der Waals surface area contributed by atoms with Gasteiger partial charge in [-0.2, -0.15) is 0 Å². The van der Waals surface area contributed by atoms with E-state index in [0.717, 1.165) is 11.1 Å². The average molecular weight is 453 g/mol. The van der Waals surface area contributed by atoms with Gasteiger partial charge in [-0.1, -0.05) is 42.1 Å². The molecule has 1 aliphatic rings. The predicted octanol–water partition coefficient (Wildman–Crippen LogP) is 3.88. The summed E-state index contributed by atoms with van der Waals surface area (Å²) in [5, 5.41) is 5.58. The molecule has 4 rings (SSSR count). The molecule has 1 atom stereocenters. The minimum absolute atomic E-state index is 0.0772. The van der Waals surface area contributed by atoms with Crippen LogP contribution in [0.5, 0.6) is 0 Å². The van der Waals surface area contributed by atoms with Crippen molar-refractivity contribution in [3.05, 3.63) is 80.9 Å². The molecular formula is C23H21FN4O3S. The zero-order chi connectivity index (χ0) is 22.8. The van der Waals surface area contributed by atoms with E-state index in [0.29, 0.717) is 16.5 Å². The molecule has 0 saturated carbocycles. The highest BCUT2D eigenvalue weighted by Crippen LogP contribution is 2.31. The number of thioether (sulfide) groups is 1. The summed E-state index contributed by atoms with van der Waals surface area (Å²) in [6.07, 6.45) is -0.201. The molecule has 0 radical (unpaired) electrons. The van der Waals surface area contributed by atoms with Gasteiger partial charge in [-0.25, -0.2) is 9.37 Å². The maximum absolute atomic E-state index is 13.6. The number of hydrogen-bond acceptors (Lipinski definition) is 5. The van der Waals surface area contributed by atoms with Crippen LogP contribution in [0.15, 0.2) is 52.4 Å². The highest BCUT2D eigenvalue weighted by Gasteiger charge is 2.35. The fourth-order valence-corrected chi connectivity index (χ4v) is 4.45. The summed E-state index contributed by atoms with van der Waals surface area (Å²) in [5.74, 6) is -1.85. The van der Waals surface area contributed by atoms with Crippen molar-refractivity contribution < 1.29 is 14.0 Å². The smallest absolute Gasteiger partial charge is 0.257 e. The van der Waals surface area contributed by atoms with Crippen molar-refractivity contribution in [3.63, 3.8) is 0 Å². The molecule has 7 nitrogen and oxygen atoms in total. The molecule has 0 spiro atoms. The number of aromatic nitrogens is 2. The molecule has 32 heavy (non-hydrogen) atoms. The number of carbonyl (C=O) groups excluding carboxylic acids is 2. The molecule has 1 aliphatic heterocycles. The van der Waals surface area contributed by atoms with E-state index < -0.39 is 29.1 Å². The summed E-state index contributed by atoms with van der Waals surface area (Å²) in [4.78, 5) is 45.1. The van der Waals surface area contributed by atoms with E-state index in [-0.39, 0.29) is 23.5 Å². The third-order valence-electron chi connectivity index (χ3n) is 5.33. The lowest BCUT2D eigenvalue weighted by molar-refractivity contribution is -0.123. The number of halogens is 1. The van der Waals surface area contributed by atoms with Gasteiger partial charge in [0.1, 0.15) is 11.6 Å². The Labute approximate surface area is 187 Å². The summed E-state index contributed by atoms with van der Waals surface area (Å²) in [6.45, 7) is 3.73. The van der Waals surface area contributed by atoms with Crippen molar-refractivity contribution >= 4 is 35.1 Å². The lowest BCUT2D eigenvalue weighted by Gasteiger charge is -2.23. The van der Waals surface area contributed by atoms with E-state index in [2.05, 4.69) is 20.6 Å². The van der Waals surface area contributed by atoms with E-state index in [9.17, 15) is 18.8 Å². The lowest BCUT2D eigenvalue weighted by atomic mass is 9.92. The number of fused-ring (bicyclic) bond motifs is 1. The standard InChI is InChI=1S/C23H21FN4O3S/c1-12-5-3-4-6-14(12)11-32-23-27-20-19(22(31)28-23)16(10-18(29)26-20)21(30)25-17-9-15(24)8-7-13(17)2/h3-9,16H,10-11H2,1-2H3,(H,25,30)(H2,26,27,28,29,31). The average Bonchev–Trinajstić information content (AvgIpc) is 2.75. The second kappa shape index (κ2) is 8.96. The van der Waals surface area contributed by atoms with Crippen LogP contribution in [0.25, 0.3) is 0 Å². The third-order valence-corrected chi connectivity index (χ3v) is 6.25. The summed E-state index contributed by atoms with van der Waals surface area (Å²) in [7, 11) is 0. The first kappa shape index (κ1) is 21.8. The Morgan fingerprint density at radius 3 is 2.75 bits per heavy atom. The Morgan fingerprint density at radius 1 is 1.19 bits per heavy atom. The zero-order valence-corrected chi connectivity index (χ0v) is 18.3. The topological polar surface area (TPSA) is 104 Å². The van der Waals surface area contributed by atoms with E-state index in [1.807, 2.05) is 31.2 Å². The van der Waals surface area contributed by atoms with Crippen LogP contribution in [0.4, 0.5) is 15.9 Å². The van der Waals surface area contributed by atoms with E-state index in [1.165, 1.54) is 23.9 Å². The van der Waals surface area contributed by atoms with Crippen LogP contribution in [0.3, 0.4) is 0 Å². The number of nitrogens with one attached hydrogen (secondary N) is 3. The first-order valence-corrected chi connectivity index (χ1v) is 11.0. The molecule has 2 amide bonds. The summed E-state index contributed by atoms with van der Waals surface area (Å²) >= 11 is 1.33. The van der Waals surface area contributed by atoms with Gasteiger partial charge in [0.15, 0.2) is 5.16 Å². The molecule has 164 valence electrons. The number of carbonyl (C=O) groups is 2. The van der Waals surface area contributed by atoms with Gasteiger partial charge < -0.3 is 15.6 Å². The van der Waals surface area contributed by atoms with Gasteiger partial charge in [0.2, 0.25) is 11.8 Å². The quantitative estimate of drug-likeness (QED) is 0.403. The number of H-pyrrole nitrogens is 1. The van der Waals surface area contributed by atoms with Gasteiger partial charge in [0, 0.05) is 17.9 Å². The van der Waals surface area contributed by atoms with Crippen LogP contribution in [0, 0.1) is 19.7 Å². The predicted molar refractivity (Wildman–Crippen MR) is 121 cm³/mol. The molecule has 1 aromatic heterocycles. The molecule has 0 saturated heterocycles. The molecule has 2 heterocycles. The largest absolute Gasteiger partial charge is 0.325 e. The number of nitrogens with zero attached hydrogens (tertiary/aromatic N) is 1. The summed E-state index contributed by atoms with van der Waals surface area (Å²) in [5.41, 5.74) is 2.78. The molecular weight excluding hydrogens is 431 g/mol. The second-order valence-corrected chi connectivity index (χ2v) is 8.57. The highest BCUT2D eigenvalue weighted by atomic mass is 32.2. The molecule has 9 heteroatoms. The number of anilines is 2. The van der Waals surface area contributed by atoms with Crippen molar-refractivity contribution in [2.24, 2.45) is 0 Å². The van der Waals surface area contributed by atoms with E-state index in [4.69, 9.17) is 0 Å². The van der Waals surface area contributed by atoms with Gasteiger partial charge in [-0.3, -0.25) is 14.4 Å². The van der Waals surface area contributed by atoms with Crippen LogP contribution in [0.2, 0.25) is 0 Å². The van der Waals surface area contributed by atoms with Gasteiger partial charge in [0.25, 0.3) is 5.56 Å². The summed E-state index contributed by atoms with van der Waals surface area (Å²) < 4.78 is 13.6. The Hall–Kier alpha value is -3.46. The zero-order valence-electron chi connectivity index (χ0n) is 17.5. The molecule has 0 aliphatic carbocycles. The van der Waals surface area contributed by atoms with Gasteiger partial charge in [0.05, 0.1) is 11.5 Å². The minimum Gasteiger partial charge on any atom is -0.325 e. The van der Waals surface area contributed by atoms with Crippen molar-refractivity contribution in [1.82, 2.24) is 9.97 Å². The van der Waals surface area contributed by atoms with Gasteiger partial charge >= 0.3 is 0 Å². The monoisotopic (exact) mass is 452 g/mol. The van der Waals surface area contributed by atoms with Crippen molar-refractivity contribution in [2.75, 3.05) is 10.6 Å². The number of aromatic amines is 1. The highest BCUT2D eigenvalue weighted by molar-refractivity contribution is 7.98. The Morgan fingerprint density at radius 2 is 1.97 bits per heavy atom. The van der Waals surface area contributed by atoms with Crippen molar-refractivity contribution in [2.45, 2.75) is 37.1 Å². The van der Waals surface area contributed by atoms with Crippen LogP contribution >= 0.6 is 11.8 Å². The van der Waals surface area contributed by atoms with Gasteiger partial charge in [-0.15, -0.1) is 0 Å². The van der Waals surface area contributed by atoms with Crippen molar-refractivity contribution in [1.29, 1.82) is 0 Å². The fraction of sp³-hybridized carbons (Fsp3) is 0.217. The first-order chi connectivity index (χ1) is 15.3. The SMILES string of the molecule is Cc1ccccc1CSc1nc2c(c(=O)[nH]1)C(C(=O)Nc1cc(F)ccc1C)CC(=O)N2. The Balaban J connectivity index is 1.60. The maximum atomic E-state index is 13.6. The Bertz CT molecular complexity index is 1270. The molecule has 3 aromatic rings. The molecule has 0 fully saturated rings. The maximum Gasteiger partial charge on any atom is 0.257 e. The number of rotatable bonds is 5. The van der Waals surface area contributed by atoms with Crippen molar-refractivity contribution in [3.8, 4) is 0 Å². The second-order valence-electron chi connectivity index (χ2n) is 7.60. The number of hydrogen-bond donors (Lipinski definition) is 3. The molecule has 1 unspecified atom stereocenters. The van der Waals surface area contributed by atoms with Crippen LogP contribution in [-0.4, -0.2) is 21.8 Å². The van der Waals surface area contributed by atoms with E-state index >= 15 is 0 Å². The third kappa shape index (κ3) is 4.57. The first-order valence-electron chi connectivity index (χ1n) is 10.00. The summed E-state index contributed by atoms with van der Waals surface area (Å²) in [6, 6.07) is 11.9. The lowest BCUT2D eigenvalue weighted by Crippen LogP contribution is -2.36. The minimum atomic E-state index is -1.03. The molecule has 3 N–H and O–H groups in total. The Kier molecular flexibility index (Phi) is 6.09. The normalized spacial score (nSPS) is 15.1. The van der Waals surface area contributed by atoms with E-state index in [1.54, 1.807) is 13.0 Å². The number of amides is 2. The van der Waals surface area contributed by atoms with Crippen LogP contribution < -0.4 is 16.2 Å². The van der Waals surface area contributed by atoms with Crippen LogP contribution in [0.1, 0.15) is 34.6 Å². The number of aryl methyl sites for hydroxylation is 2. The number of benzene rings is 2. The molecule has 0 bridgehead atoms.